The van der Waals surface area contributed by atoms with Crippen LogP contribution in [0.15, 0.2) is 18.2 Å². The Balaban J connectivity index is 0. The molecule has 0 fully saturated rings. The molecule has 1 nitrogen and oxygen atoms in total. The fraction of sp³-hybridized carbons (Fsp3) is 0.222. The van der Waals surface area contributed by atoms with Crippen LogP contribution in [-0.2, 0) is 32.7 Å². The summed E-state index contributed by atoms with van der Waals surface area (Å²) in [5.41, 5.74) is 2.03. The summed E-state index contributed by atoms with van der Waals surface area (Å²) in [6.07, 6.45) is 0. The van der Waals surface area contributed by atoms with Crippen LogP contribution in [0.3, 0.4) is 0 Å². The first-order chi connectivity index (χ1) is 4.20. The molecule has 59 valence electrons. The summed E-state index contributed by atoms with van der Waals surface area (Å²) in [7, 11) is 0. The molecule has 0 bridgehead atoms. The predicted octanol–water partition coefficient (Wildman–Crippen LogP) is 2.46. The summed E-state index contributed by atoms with van der Waals surface area (Å²) in [6.45, 7) is 3.84. The molecule has 0 aromatic heterocycles. The first-order valence-electron chi connectivity index (χ1n) is 2.96. The Bertz CT molecular complexity index is 221. The summed E-state index contributed by atoms with van der Waals surface area (Å²) >= 11 is 0. The minimum Gasteiger partial charge on any atom is -0.508 e. The Morgan fingerprint density at radius 3 is 2.09 bits per heavy atom. The molecule has 0 saturated heterocycles. The molecule has 2 heteroatoms. The van der Waals surface area contributed by atoms with Gasteiger partial charge < -0.3 is 12.5 Å². The maximum atomic E-state index is 9.10. The van der Waals surface area contributed by atoms with Crippen molar-refractivity contribution in [2.24, 2.45) is 0 Å². The second kappa shape index (κ2) is 5.73. The first-order valence-corrected chi connectivity index (χ1v) is 2.96. The van der Waals surface area contributed by atoms with Crippen molar-refractivity contribution >= 4 is 0 Å². The Morgan fingerprint density at radius 1 is 1.18 bits per heavy atom. The van der Waals surface area contributed by atoms with E-state index in [4.69, 9.17) is 5.11 Å². The Labute approximate surface area is 93.7 Å². The molecule has 0 spiro atoms. The zero-order valence-corrected chi connectivity index (χ0v) is 10.1. The van der Waals surface area contributed by atoms with Crippen LogP contribution < -0.4 is 0 Å². The molecule has 1 aromatic rings. The quantitative estimate of drug-likeness (QED) is 0.673. The second-order valence-corrected chi connectivity index (χ2v) is 2.29. The van der Waals surface area contributed by atoms with Crippen LogP contribution in [0.2, 0.25) is 0 Å². The van der Waals surface area contributed by atoms with Crippen LogP contribution in [0.1, 0.15) is 11.1 Å². The third-order valence-electron chi connectivity index (χ3n) is 1.36. The molecule has 1 rings (SSSR count). The Hall–Kier alpha value is 0.124. The second-order valence-electron chi connectivity index (χ2n) is 2.29. The Morgan fingerprint density at radius 2 is 1.73 bits per heavy atom. The number of hydrogen-bond donors (Lipinski definition) is 1. The maximum Gasteiger partial charge on any atom is 0.118 e. The zero-order valence-electron chi connectivity index (χ0n) is 7.26. The first kappa shape index (κ1) is 13.7. The maximum absolute atomic E-state index is 9.10. The summed E-state index contributed by atoms with van der Waals surface area (Å²) in [5, 5.41) is 9.10. The molecular weight excluding hydrogens is 213 g/mol. The summed E-state index contributed by atoms with van der Waals surface area (Å²) in [5.74, 6) is 0.384. The van der Waals surface area contributed by atoms with Gasteiger partial charge in [-0.3, -0.25) is 0 Å². The molecule has 11 heavy (non-hydrogen) atoms. The fourth-order valence-corrected chi connectivity index (χ4v) is 0.719. The van der Waals surface area contributed by atoms with Crippen molar-refractivity contribution in [3.63, 3.8) is 0 Å². The van der Waals surface area contributed by atoms with Gasteiger partial charge in [0.15, 0.2) is 0 Å². The molecular formula is C9H13OY-. The van der Waals surface area contributed by atoms with Gasteiger partial charge in [-0.25, -0.2) is 0 Å². The topological polar surface area (TPSA) is 20.2 Å². The molecule has 0 saturated carbocycles. The number of phenolic OH excluding ortho intramolecular Hbond substituents is 1. The van der Waals surface area contributed by atoms with E-state index in [1.807, 2.05) is 26.0 Å². The van der Waals surface area contributed by atoms with Crippen LogP contribution in [-0.4, -0.2) is 5.11 Å². The van der Waals surface area contributed by atoms with E-state index < -0.39 is 0 Å². The average Bonchev–Trinajstić information content (AvgIpc) is 1.80. The van der Waals surface area contributed by atoms with E-state index in [2.05, 4.69) is 0 Å². The molecule has 0 aliphatic rings. The van der Waals surface area contributed by atoms with E-state index in [0.29, 0.717) is 5.75 Å². The van der Waals surface area contributed by atoms with Crippen molar-refractivity contribution in [3.8, 4) is 5.75 Å². The standard InChI is InChI=1S/C8H10O.CH3.Y/c1-6-3-4-7(2)8(9)5-6;;/h3-5,9H,1-2H3;1H3;/q;-1;. The van der Waals surface area contributed by atoms with E-state index in [1.165, 1.54) is 0 Å². The monoisotopic (exact) mass is 226 g/mol. The van der Waals surface area contributed by atoms with Gasteiger partial charge in [-0.1, -0.05) is 12.1 Å². The third-order valence-corrected chi connectivity index (χ3v) is 1.36. The molecule has 0 heterocycles. The van der Waals surface area contributed by atoms with E-state index in [1.54, 1.807) is 6.07 Å². The number of hydrogen-bond acceptors (Lipinski definition) is 1. The fourth-order valence-electron chi connectivity index (χ4n) is 0.719. The summed E-state index contributed by atoms with van der Waals surface area (Å²) in [6, 6.07) is 5.65. The average molecular weight is 226 g/mol. The molecule has 1 N–H and O–H groups in total. The molecule has 0 amide bonds. The van der Waals surface area contributed by atoms with E-state index in [-0.39, 0.29) is 40.1 Å². The van der Waals surface area contributed by atoms with Gasteiger partial charge in [0, 0.05) is 32.7 Å². The molecule has 1 radical (unpaired) electrons. The van der Waals surface area contributed by atoms with Crippen LogP contribution in [0.5, 0.6) is 5.75 Å². The number of aromatic hydroxyl groups is 1. The smallest absolute Gasteiger partial charge is 0.118 e. The molecule has 1 aromatic carbocycles. The largest absolute Gasteiger partial charge is 0.508 e. The van der Waals surface area contributed by atoms with Crippen molar-refractivity contribution in [1.29, 1.82) is 0 Å². The van der Waals surface area contributed by atoms with Crippen molar-refractivity contribution in [2.45, 2.75) is 13.8 Å². The zero-order chi connectivity index (χ0) is 6.85. The SMILES string of the molecule is Cc1ccc(C)c(O)c1.[CH3-].[Y]. The molecule has 0 unspecified atom stereocenters. The van der Waals surface area contributed by atoms with E-state index in [0.717, 1.165) is 11.1 Å². The van der Waals surface area contributed by atoms with Crippen LogP contribution >= 0.6 is 0 Å². The van der Waals surface area contributed by atoms with Gasteiger partial charge in [-0.15, -0.1) is 0 Å². The summed E-state index contributed by atoms with van der Waals surface area (Å²) in [4.78, 5) is 0. The van der Waals surface area contributed by atoms with Gasteiger partial charge in [0.25, 0.3) is 0 Å². The third kappa shape index (κ3) is 3.88. The summed E-state index contributed by atoms with van der Waals surface area (Å²) < 4.78 is 0. The van der Waals surface area contributed by atoms with Gasteiger partial charge in [0.1, 0.15) is 5.75 Å². The molecule has 0 atom stereocenters. The van der Waals surface area contributed by atoms with E-state index >= 15 is 0 Å². The normalized spacial score (nSPS) is 7.82. The Kier molecular flexibility index (Phi) is 7.14. The number of rotatable bonds is 0. The molecule has 0 aliphatic heterocycles. The van der Waals surface area contributed by atoms with Crippen LogP contribution in [0.25, 0.3) is 0 Å². The number of phenols is 1. The van der Waals surface area contributed by atoms with Crippen molar-refractivity contribution in [3.05, 3.63) is 36.8 Å². The van der Waals surface area contributed by atoms with Crippen molar-refractivity contribution < 1.29 is 37.8 Å². The number of aryl methyl sites for hydroxylation is 2. The van der Waals surface area contributed by atoms with Crippen molar-refractivity contribution in [2.75, 3.05) is 0 Å². The van der Waals surface area contributed by atoms with Crippen molar-refractivity contribution in [1.82, 2.24) is 0 Å². The van der Waals surface area contributed by atoms with Gasteiger partial charge in [0.2, 0.25) is 0 Å². The minimum atomic E-state index is 0. The number of benzene rings is 1. The predicted molar refractivity (Wildman–Crippen MR) is 44.0 cm³/mol. The minimum absolute atomic E-state index is 0. The van der Waals surface area contributed by atoms with Gasteiger partial charge in [-0.2, -0.15) is 0 Å². The molecule has 0 aliphatic carbocycles. The van der Waals surface area contributed by atoms with E-state index in [9.17, 15) is 0 Å². The van der Waals surface area contributed by atoms with Gasteiger partial charge in [-0.05, 0) is 31.0 Å². The van der Waals surface area contributed by atoms with Gasteiger partial charge >= 0.3 is 0 Å². The van der Waals surface area contributed by atoms with Crippen LogP contribution in [0.4, 0.5) is 0 Å². The van der Waals surface area contributed by atoms with Crippen LogP contribution in [0, 0.1) is 21.3 Å². The van der Waals surface area contributed by atoms with Gasteiger partial charge in [0.05, 0.1) is 0 Å².